The molecule has 1 nitrogen and oxygen atoms in total. The Morgan fingerprint density at radius 3 is 2.33 bits per heavy atom. The maximum Gasteiger partial charge on any atom is 0.263 e. The summed E-state index contributed by atoms with van der Waals surface area (Å²) in [5.74, 6) is 0. The Morgan fingerprint density at radius 1 is 1.83 bits per heavy atom. The second-order valence-corrected chi connectivity index (χ2v) is 1.15. The molecular formula is C3HCl2N. The fraction of sp³-hybridized carbons (Fsp3) is 0. The van der Waals surface area contributed by atoms with Gasteiger partial charge in [0.05, 0.1) is 6.57 Å². The molecule has 0 aromatic carbocycles. The number of nitrogens with zero attached hydrogens (tertiary/aromatic N) is 1. The third kappa shape index (κ3) is 2.07. The molecule has 0 aliphatic heterocycles. The summed E-state index contributed by atoms with van der Waals surface area (Å²) >= 11 is 9.97. The van der Waals surface area contributed by atoms with Crippen LogP contribution in [0.4, 0.5) is 0 Å². The molecule has 0 rings (SSSR count). The van der Waals surface area contributed by atoms with Crippen LogP contribution in [0.2, 0.25) is 0 Å². The predicted octanol–water partition coefficient (Wildman–Crippen LogP) is 2.18. The van der Waals surface area contributed by atoms with E-state index in [1.165, 1.54) is 0 Å². The van der Waals surface area contributed by atoms with E-state index in [0.29, 0.717) is 0 Å². The van der Waals surface area contributed by atoms with Gasteiger partial charge in [-0.2, -0.15) is 0 Å². The highest BCUT2D eigenvalue weighted by Gasteiger charge is 1.77. The smallest absolute Gasteiger partial charge is 0.224 e. The molecule has 0 radical (unpaired) electrons. The lowest BCUT2D eigenvalue weighted by Crippen LogP contribution is -1.43. The molecular weight excluding hydrogens is 121 g/mol. The highest BCUT2D eigenvalue weighted by molar-refractivity contribution is 6.37. The Balaban J connectivity index is 3.61. The van der Waals surface area contributed by atoms with Gasteiger partial charge < -0.3 is 0 Å². The summed E-state index contributed by atoms with van der Waals surface area (Å²) < 4.78 is 0. The summed E-state index contributed by atoms with van der Waals surface area (Å²) in [5, 5.41) is -0.00309. The zero-order chi connectivity index (χ0) is 4.99. The highest BCUT2D eigenvalue weighted by atomic mass is 35.5. The maximum absolute atomic E-state index is 6.15. The molecule has 0 N–H and O–H groups in total. The molecule has 0 bridgehead atoms. The summed E-state index contributed by atoms with van der Waals surface area (Å²) in [4.78, 5) is 2.75. The van der Waals surface area contributed by atoms with Gasteiger partial charge in [-0.25, -0.2) is 4.85 Å². The average molecular weight is 122 g/mol. The van der Waals surface area contributed by atoms with Gasteiger partial charge in [-0.05, 0) is 0 Å². The van der Waals surface area contributed by atoms with Crippen molar-refractivity contribution in [2.75, 3.05) is 0 Å². The Kier molecular flexibility index (Phi) is 2.92. The lowest BCUT2D eigenvalue weighted by Gasteiger charge is -1.66. The molecule has 32 valence electrons. The van der Waals surface area contributed by atoms with Crippen LogP contribution >= 0.6 is 23.2 Å². The van der Waals surface area contributed by atoms with Gasteiger partial charge in [-0.3, -0.25) is 0 Å². The Hall–Kier alpha value is -0.190. The van der Waals surface area contributed by atoms with Crippen LogP contribution < -0.4 is 0 Å². The minimum Gasteiger partial charge on any atom is -0.224 e. The second-order valence-electron chi connectivity index (χ2n) is 0.544. The van der Waals surface area contributed by atoms with Crippen molar-refractivity contribution in [3.63, 3.8) is 0 Å². The first kappa shape index (κ1) is 5.81. The van der Waals surface area contributed by atoms with Crippen molar-refractivity contribution in [1.29, 1.82) is 0 Å². The second kappa shape index (κ2) is 3.02. The molecule has 0 amide bonds. The molecule has 0 unspecified atom stereocenters. The van der Waals surface area contributed by atoms with Gasteiger partial charge in [0.2, 0.25) is 0 Å². The number of hydrogen-bond donors (Lipinski definition) is 0. The SMILES string of the molecule is [C-]#[N+]/C(Cl)=C/Cl. The van der Waals surface area contributed by atoms with Crippen LogP contribution in [0.25, 0.3) is 4.85 Å². The molecule has 0 saturated carbocycles. The summed E-state index contributed by atoms with van der Waals surface area (Å²) in [6, 6.07) is 0. The fourth-order valence-corrected chi connectivity index (χ4v) is 0.0732. The summed E-state index contributed by atoms with van der Waals surface area (Å²) in [5.41, 5.74) is 1.02. The van der Waals surface area contributed by atoms with Crippen molar-refractivity contribution < 1.29 is 0 Å². The maximum atomic E-state index is 6.15. The molecule has 0 fully saturated rings. The molecule has 0 spiro atoms. The topological polar surface area (TPSA) is 4.36 Å². The van der Waals surface area contributed by atoms with Crippen LogP contribution in [0.5, 0.6) is 0 Å². The van der Waals surface area contributed by atoms with E-state index in [4.69, 9.17) is 29.8 Å². The average Bonchev–Trinajstić information content (AvgIpc) is 1.65. The number of halogens is 2. The normalized spacial score (nSPS) is 10.5. The van der Waals surface area contributed by atoms with Gasteiger partial charge in [0.1, 0.15) is 0 Å². The molecule has 0 saturated heterocycles. The van der Waals surface area contributed by atoms with Gasteiger partial charge >= 0.3 is 0 Å². The van der Waals surface area contributed by atoms with Crippen molar-refractivity contribution in [2.45, 2.75) is 0 Å². The quantitative estimate of drug-likeness (QED) is 0.342. The van der Waals surface area contributed by atoms with E-state index in [9.17, 15) is 0 Å². The van der Waals surface area contributed by atoms with Gasteiger partial charge in [0.15, 0.2) is 0 Å². The lowest BCUT2D eigenvalue weighted by molar-refractivity contribution is 1.97. The number of hydrogen-bond acceptors (Lipinski definition) is 0. The van der Waals surface area contributed by atoms with Gasteiger partial charge in [-0.15, -0.1) is 23.2 Å². The van der Waals surface area contributed by atoms with Crippen molar-refractivity contribution in [2.24, 2.45) is 0 Å². The zero-order valence-corrected chi connectivity index (χ0v) is 4.29. The fourth-order valence-electron chi connectivity index (χ4n) is 0.0244. The predicted molar refractivity (Wildman–Crippen MR) is 26.4 cm³/mol. The van der Waals surface area contributed by atoms with Crippen molar-refractivity contribution >= 4 is 23.2 Å². The van der Waals surface area contributed by atoms with E-state index in [0.717, 1.165) is 5.54 Å². The third-order valence-electron chi connectivity index (χ3n) is 0.197. The zero-order valence-electron chi connectivity index (χ0n) is 2.78. The summed E-state index contributed by atoms with van der Waals surface area (Å²) in [6.45, 7) is 6.15. The molecule has 3 heteroatoms. The largest absolute Gasteiger partial charge is 0.263 e. The molecule has 6 heavy (non-hydrogen) atoms. The first-order chi connectivity index (χ1) is 2.81. The first-order valence-electron chi connectivity index (χ1n) is 1.14. The van der Waals surface area contributed by atoms with E-state index in [1.807, 2.05) is 0 Å². The molecule has 0 aromatic heterocycles. The standard InChI is InChI=1S/C3HCl2N/c1-6-3(5)2-4/h2H/b3-2+. The van der Waals surface area contributed by atoms with Crippen LogP contribution in [0.1, 0.15) is 0 Å². The molecule has 0 atom stereocenters. The van der Waals surface area contributed by atoms with E-state index >= 15 is 0 Å². The van der Waals surface area contributed by atoms with Crippen molar-refractivity contribution in [3.8, 4) is 0 Å². The number of rotatable bonds is 0. The highest BCUT2D eigenvalue weighted by Crippen LogP contribution is 2.01. The van der Waals surface area contributed by atoms with Gasteiger partial charge in [-0.1, -0.05) is 0 Å². The van der Waals surface area contributed by atoms with Crippen LogP contribution in [0.3, 0.4) is 0 Å². The van der Waals surface area contributed by atoms with E-state index < -0.39 is 0 Å². The minimum atomic E-state index is -0.00309. The van der Waals surface area contributed by atoms with Crippen LogP contribution in [-0.4, -0.2) is 0 Å². The molecule has 0 heterocycles. The van der Waals surface area contributed by atoms with Crippen molar-refractivity contribution in [3.05, 3.63) is 22.1 Å². The van der Waals surface area contributed by atoms with E-state index in [1.54, 1.807) is 0 Å². The Labute approximate surface area is 46.0 Å². The molecule has 0 aliphatic carbocycles. The lowest BCUT2D eigenvalue weighted by atomic mass is 11.0. The van der Waals surface area contributed by atoms with Gasteiger partial charge in [0.25, 0.3) is 5.16 Å². The third-order valence-corrected chi connectivity index (χ3v) is 0.709. The Bertz CT molecular complexity index is 99.9. The summed E-state index contributed by atoms with van der Waals surface area (Å²) in [7, 11) is 0. The monoisotopic (exact) mass is 121 g/mol. The van der Waals surface area contributed by atoms with Crippen LogP contribution in [0, 0.1) is 6.57 Å². The minimum absolute atomic E-state index is 0.00309. The Morgan fingerprint density at radius 2 is 2.33 bits per heavy atom. The van der Waals surface area contributed by atoms with Crippen LogP contribution in [-0.2, 0) is 0 Å². The van der Waals surface area contributed by atoms with E-state index in [2.05, 4.69) is 4.85 Å². The first-order valence-corrected chi connectivity index (χ1v) is 1.96. The van der Waals surface area contributed by atoms with Crippen molar-refractivity contribution in [1.82, 2.24) is 0 Å². The molecule has 0 aliphatic rings. The van der Waals surface area contributed by atoms with E-state index in [-0.39, 0.29) is 5.16 Å². The van der Waals surface area contributed by atoms with Crippen LogP contribution in [0.15, 0.2) is 10.7 Å². The molecule has 0 aromatic rings. The summed E-state index contributed by atoms with van der Waals surface area (Å²) in [6.07, 6.45) is 0. The van der Waals surface area contributed by atoms with Gasteiger partial charge in [0, 0.05) is 5.54 Å².